The fraction of sp³-hybridized carbons (Fsp3) is 0.0769. The number of carbonyl (C=O) groups is 1. The second kappa shape index (κ2) is 5.26. The molecule has 4 N–H and O–H groups in total. The molecule has 0 saturated carbocycles. The summed E-state index contributed by atoms with van der Waals surface area (Å²) in [4.78, 5) is 16.1. The number of pyridine rings is 1. The van der Waals surface area contributed by atoms with Gasteiger partial charge in [0.15, 0.2) is 0 Å². The van der Waals surface area contributed by atoms with Crippen molar-refractivity contribution in [3.05, 3.63) is 36.5 Å². The van der Waals surface area contributed by atoms with Gasteiger partial charge < -0.3 is 21.1 Å². The molecule has 1 aromatic carbocycles. The van der Waals surface area contributed by atoms with E-state index in [-0.39, 0.29) is 0 Å². The number of nitrogens with zero attached hydrogens (tertiary/aromatic N) is 2. The number of nitrogen functional groups attached to an aromatic ring is 2. The number of anilines is 3. The first kappa shape index (κ1) is 12.7. The monoisotopic (exact) mass is 258 g/mol. The standard InChI is InChI=1S/C13H14N4O2/c1-17(8-18)13-7-10(4-5-16-13)19-9-2-3-11(14)12(15)6-9/h2-8H,14-15H2,1H3. The smallest absolute Gasteiger partial charge is 0.215 e. The van der Waals surface area contributed by atoms with Gasteiger partial charge in [0.2, 0.25) is 6.41 Å². The van der Waals surface area contributed by atoms with Crippen LogP contribution in [0.15, 0.2) is 36.5 Å². The van der Waals surface area contributed by atoms with Crippen LogP contribution in [0.5, 0.6) is 11.5 Å². The first-order chi connectivity index (χ1) is 9.10. The molecule has 0 aliphatic carbocycles. The molecule has 0 saturated heterocycles. The predicted molar refractivity (Wildman–Crippen MR) is 74.0 cm³/mol. The Hall–Kier alpha value is -2.76. The fourth-order valence-corrected chi connectivity index (χ4v) is 1.46. The number of carbonyl (C=O) groups excluding carboxylic acids is 1. The van der Waals surface area contributed by atoms with Crippen LogP contribution in [0.3, 0.4) is 0 Å². The normalized spacial score (nSPS) is 9.95. The zero-order chi connectivity index (χ0) is 13.8. The van der Waals surface area contributed by atoms with Crippen molar-refractivity contribution < 1.29 is 9.53 Å². The van der Waals surface area contributed by atoms with Crippen molar-refractivity contribution in [2.75, 3.05) is 23.4 Å². The lowest BCUT2D eigenvalue weighted by atomic mass is 10.2. The molecule has 0 spiro atoms. The molecule has 0 atom stereocenters. The predicted octanol–water partition coefficient (Wildman–Crippen LogP) is 1.63. The molecule has 0 unspecified atom stereocenters. The molecular weight excluding hydrogens is 244 g/mol. The Morgan fingerprint density at radius 2 is 1.89 bits per heavy atom. The van der Waals surface area contributed by atoms with Crippen LogP contribution in [0.1, 0.15) is 0 Å². The highest BCUT2D eigenvalue weighted by Crippen LogP contribution is 2.27. The molecule has 6 heteroatoms. The van der Waals surface area contributed by atoms with Gasteiger partial charge >= 0.3 is 0 Å². The van der Waals surface area contributed by atoms with Gasteiger partial charge in [-0.15, -0.1) is 0 Å². The van der Waals surface area contributed by atoms with Gasteiger partial charge in [-0.2, -0.15) is 0 Å². The van der Waals surface area contributed by atoms with Crippen LogP contribution >= 0.6 is 0 Å². The van der Waals surface area contributed by atoms with E-state index in [1.165, 1.54) is 4.90 Å². The van der Waals surface area contributed by atoms with Crippen LogP contribution in [0.25, 0.3) is 0 Å². The molecule has 2 aromatic rings. The van der Waals surface area contributed by atoms with Crippen LogP contribution in [0.2, 0.25) is 0 Å². The maximum Gasteiger partial charge on any atom is 0.215 e. The Morgan fingerprint density at radius 1 is 1.16 bits per heavy atom. The summed E-state index contributed by atoms with van der Waals surface area (Å²) < 4.78 is 5.63. The number of nitrogens with two attached hydrogens (primary N) is 2. The average molecular weight is 258 g/mol. The molecule has 1 amide bonds. The molecular formula is C13H14N4O2. The highest BCUT2D eigenvalue weighted by atomic mass is 16.5. The van der Waals surface area contributed by atoms with Gasteiger partial charge in [-0.25, -0.2) is 4.98 Å². The van der Waals surface area contributed by atoms with Crippen LogP contribution in [0, 0.1) is 0 Å². The number of amides is 1. The van der Waals surface area contributed by atoms with Gasteiger partial charge in [0.1, 0.15) is 17.3 Å². The minimum Gasteiger partial charge on any atom is -0.457 e. The fourth-order valence-electron chi connectivity index (χ4n) is 1.46. The third-order valence-corrected chi connectivity index (χ3v) is 2.53. The molecule has 1 heterocycles. The van der Waals surface area contributed by atoms with Crippen molar-refractivity contribution in [1.29, 1.82) is 0 Å². The summed E-state index contributed by atoms with van der Waals surface area (Å²) in [5.74, 6) is 1.62. The van der Waals surface area contributed by atoms with Crippen molar-refractivity contribution >= 4 is 23.6 Å². The number of hydrogen-bond donors (Lipinski definition) is 2. The Kier molecular flexibility index (Phi) is 3.51. The van der Waals surface area contributed by atoms with E-state index in [1.54, 1.807) is 43.6 Å². The molecule has 6 nitrogen and oxygen atoms in total. The third kappa shape index (κ3) is 2.92. The highest BCUT2D eigenvalue weighted by molar-refractivity contribution is 5.72. The van der Waals surface area contributed by atoms with Crippen molar-refractivity contribution in [2.45, 2.75) is 0 Å². The van der Waals surface area contributed by atoms with Crippen LogP contribution in [0.4, 0.5) is 17.2 Å². The Bertz CT molecular complexity index is 601. The summed E-state index contributed by atoms with van der Waals surface area (Å²) in [5.41, 5.74) is 12.3. The van der Waals surface area contributed by atoms with E-state index in [9.17, 15) is 4.79 Å². The van der Waals surface area contributed by atoms with E-state index in [0.29, 0.717) is 35.1 Å². The number of benzene rings is 1. The number of hydrogen-bond acceptors (Lipinski definition) is 5. The lowest BCUT2D eigenvalue weighted by molar-refractivity contribution is -0.107. The van der Waals surface area contributed by atoms with E-state index in [0.717, 1.165) is 0 Å². The third-order valence-electron chi connectivity index (χ3n) is 2.53. The highest BCUT2D eigenvalue weighted by Gasteiger charge is 2.04. The molecule has 0 radical (unpaired) electrons. The molecule has 0 bridgehead atoms. The number of rotatable bonds is 4. The van der Waals surface area contributed by atoms with Crippen LogP contribution in [-0.2, 0) is 4.79 Å². The Morgan fingerprint density at radius 3 is 2.58 bits per heavy atom. The van der Waals surface area contributed by atoms with Crippen molar-refractivity contribution in [2.24, 2.45) is 0 Å². The molecule has 0 aliphatic heterocycles. The van der Waals surface area contributed by atoms with Crippen molar-refractivity contribution in [1.82, 2.24) is 4.98 Å². The average Bonchev–Trinajstić information content (AvgIpc) is 2.42. The molecule has 0 fully saturated rings. The van der Waals surface area contributed by atoms with E-state index >= 15 is 0 Å². The van der Waals surface area contributed by atoms with E-state index in [1.807, 2.05) is 0 Å². The second-order valence-corrected chi connectivity index (χ2v) is 3.96. The summed E-state index contributed by atoms with van der Waals surface area (Å²) in [6, 6.07) is 8.37. The van der Waals surface area contributed by atoms with Gasteiger partial charge in [0.25, 0.3) is 0 Å². The molecule has 0 aliphatic rings. The maximum atomic E-state index is 10.7. The largest absolute Gasteiger partial charge is 0.457 e. The SMILES string of the molecule is CN(C=O)c1cc(Oc2ccc(N)c(N)c2)ccn1. The minimum absolute atomic E-state index is 0.455. The first-order valence-corrected chi connectivity index (χ1v) is 5.57. The Balaban J connectivity index is 2.23. The number of aromatic nitrogens is 1. The molecule has 1 aromatic heterocycles. The quantitative estimate of drug-likeness (QED) is 0.642. The second-order valence-electron chi connectivity index (χ2n) is 3.96. The van der Waals surface area contributed by atoms with E-state index in [2.05, 4.69) is 4.98 Å². The molecule has 98 valence electrons. The molecule has 19 heavy (non-hydrogen) atoms. The van der Waals surface area contributed by atoms with Gasteiger partial charge in [0.05, 0.1) is 11.4 Å². The summed E-state index contributed by atoms with van der Waals surface area (Å²) in [6.07, 6.45) is 2.23. The maximum absolute atomic E-state index is 10.7. The summed E-state index contributed by atoms with van der Waals surface area (Å²) in [5, 5.41) is 0. The van der Waals surface area contributed by atoms with Gasteiger partial charge in [-0.3, -0.25) is 4.79 Å². The zero-order valence-corrected chi connectivity index (χ0v) is 10.4. The van der Waals surface area contributed by atoms with E-state index < -0.39 is 0 Å². The summed E-state index contributed by atoms with van der Waals surface area (Å²) in [7, 11) is 1.61. The Labute approximate surface area is 110 Å². The topological polar surface area (TPSA) is 94.5 Å². The van der Waals surface area contributed by atoms with Crippen molar-refractivity contribution in [3.8, 4) is 11.5 Å². The minimum atomic E-state index is 0.455. The van der Waals surface area contributed by atoms with E-state index in [4.69, 9.17) is 16.2 Å². The first-order valence-electron chi connectivity index (χ1n) is 5.57. The van der Waals surface area contributed by atoms with Gasteiger partial charge in [0, 0.05) is 25.4 Å². The van der Waals surface area contributed by atoms with Crippen LogP contribution < -0.4 is 21.1 Å². The molecule has 2 rings (SSSR count). The summed E-state index contributed by atoms with van der Waals surface area (Å²) >= 11 is 0. The van der Waals surface area contributed by atoms with Gasteiger partial charge in [-0.1, -0.05) is 0 Å². The van der Waals surface area contributed by atoms with Crippen LogP contribution in [-0.4, -0.2) is 18.4 Å². The zero-order valence-electron chi connectivity index (χ0n) is 10.4. The summed E-state index contributed by atoms with van der Waals surface area (Å²) in [6.45, 7) is 0. The van der Waals surface area contributed by atoms with Gasteiger partial charge in [-0.05, 0) is 18.2 Å². The number of ether oxygens (including phenoxy) is 1. The lowest BCUT2D eigenvalue weighted by Gasteiger charge is -2.12. The van der Waals surface area contributed by atoms with Crippen molar-refractivity contribution in [3.63, 3.8) is 0 Å². The lowest BCUT2D eigenvalue weighted by Crippen LogP contribution is -2.14.